The standard InChI is InChI=1S/C20H27N3O4/c1-3-27-20(26)23-12-10-15(11-13-23)21-18(24)16-6-4-5-7-17(16)22(2)19(25)14-8-9-14/h4-7,14-15H,3,8-13H2,1-2H3,(H,21,24). The molecule has 3 rings (SSSR count). The molecule has 1 aromatic carbocycles. The molecule has 0 spiro atoms. The summed E-state index contributed by atoms with van der Waals surface area (Å²) in [6.45, 7) is 3.27. The minimum atomic E-state index is -0.298. The summed E-state index contributed by atoms with van der Waals surface area (Å²) in [7, 11) is 1.73. The minimum absolute atomic E-state index is 0.000623. The monoisotopic (exact) mass is 373 g/mol. The predicted molar refractivity (Wildman–Crippen MR) is 102 cm³/mol. The van der Waals surface area contributed by atoms with Crippen LogP contribution in [0.15, 0.2) is 24.3 Å². The first-order valence-electron chi connectivity index (χ1n) is 9.60. The highest BCUT2D eigenvalue weighted by Gasteiger charge is 2.33. The smallest absolute Gasteiger partial charge is 0.409 e. The van der Waals surface area contributed by atoms with Gasteiger partial charge in [0, 0.05) is 32.1 Å². The topological polar surface area (TPSA) is 79.0 Å². The van der Waals surface area contributed by atoms with Gasteiger partial charge in [-0.05, 0) is 44.7 Å². The molecule has 1 saturated heterocycles. The molecule has 7 heteroatoms. The van der Waals surface area contributed by atoms with Crippen LogP contribution in [0.3, 0.4) is 0 Å². The van der Waals surface area contributed by atoms with E-state index in [9.17, 15) is 14.4 Å². The number of anilines is 1. The van der Waals surface area contributed by atoms with Crippen LogP contribution < -0.4 is 10.2 Å². The molecule has 1 aliphatic carbocycles. The van der Waals surface area contributed by atoms with Crippen LogP contribution >= 0.6 is 0 Å². The summed E-state index contributed by atoms with van der Waals surface area (Å²) >= 11 is 0. The Morgan fingerprint density at radius 2 is 1.81 bits per heavy atom. The molecule has 1 aromatic rings. The van der Waals surface area contributed by atoms with Crippen molar-refractivity contribution in [2.75, 3.05) is 31.6 Å². The molecule has 0 aromatic heterocycles. The van der Waals surface area contributed by atoms with Crippen LogP contribution in [0.25, 0.3) is 0 Å². The maximum atomic E-state index is 12.8. The molecule has 7 nitrogen and oxygen atoms in total. The third-order valence-corrected chi connectivity index (χ3v) is 5.12. The van der Waals surface area contributed by atoms with Gasteiger partial charge in [-0.3, -0.25) is 9.59 Å². The highest BCUT2D eigenvalue weighted by atomic mass is 16.6. The van der Waals surface area contributed by atoms with Gasteiger partial charge in [0.25, 0.3) is 5.91 Å². The zero-order valence-electron chi connectivity index (χ0n) is 15.9. The van der Waals surface area contributed by atoms with Crippen molar-refractivity contribution in [3.8, 4) is 0 Å². The Labute approximate surface area is 159 Å². The number of rotatable bonds is 5. The van der Waals surface area contributed by atoms with Crippen LogP contribution in [-0.2, 0) is 9.53 Å². The molecule has 1 N–H and O–H groups in total. The van der Waals surface area contributed by atoms with E-state index in [-0.39, 0.29) is 29.9 Å². The Morgan fingerprint density at radius 1 is 1.15 bits per heavy atom. The lowest BCUT2D eigenvalue weighted by molar-refractivity contribution is -0.119. The molecule has 1 heterocycles. The second kappa shape index (κ2) is 8.41. The maximum Gasteiger partial charge on any atom is 0.409 e. The maximum absolute atomic E-state index is 12.8. The van der Waals surface area contributed by atoms with E-state index in [1.165, 1.54) is 0 Å². The van der Waals surface area contributed by atoms with Crippen LogP contribution in [0.2, 0.25) is 0 Å². The molecule has 146 valence electrons. The van der Waals surface area contributed by atoms with Crippen molar-refractivity contribution in [3.63, 3.8) is 0 Å². The molecule has 1 saturated carbocycles. The summed E-state index contributed by atoms with van der Waals surface area (Å²) in [5.74, 6) is -0.0213. The number of piperidine rings is 1. The Morgan fingerprint density at radius 3 is 2.44 bits per heavy atom. The predicted octanol–water partition coefficient (Wildman–Crippen LogP) is 2.41. The fourth-order valence-corrected chi connectivity index (χ4v) is 3.37. The van der Waals surface area contributed by atoms with Gasteiger partial charge in [0.1, 0.15) is 0 Å². The number of likely N-dealkylation sites (tertiary alicyclic amines) is 1. The van der Waals surface area contributed by atoms with Gasteiger partial charge in [-0.1, -0.05) is 12.1 Å². The second-order valence-corrected chi connectivity index (χ2v) is 7.12. The van der Waals surface area contributed by atoms with E-state index in [0.717, 1.165) is 12.8 Å². The van der Waals surface area contributed by atoms with Crippen molar-refractivity contribution in [2.45, 2.75) is 38.6 Å². The van der Waals surface area contributed by atoms with Crippen LogP contribution in [0, 0.1) is 5.92 Å². The second-order valence-electron chi connectivity index (χ2n) is 7.12. The van der Waals surface area contributed by atoms with Crippen LogP contribution in [0.4, 0.5) is 10.5 Å². The van der Waals surface area contributed by atoms with E-state index < -0.39 is 0 Å². The molecular formula is C20H27N3O4. The lowest BCUT2D eigenvalue weighted by atomic mass is 10.0. The summed E-state index contributed by atoms with van der Waals surface area (Å²) in [6.07, 6.45) is 2.92. The molecule has 0 unspecified atom stereocenters. The van der Waals surface area contributed by atoms with E-state index in [4.69, 9.17) is 4.74 Å². The number of carbonyl (C=O) groups is 3. The molecule has 2 aliphatic rings. The summed E-state index contributed by atoms with van der Waals surface area (Å²) in [5.41, 5.74) is 1.14. The third-order valence-electron chi connectivity index (χ3n) is 5.12. The summed E-state index contributed by atoms with van der Waals surface area (Å²) in [6, 6.07) is 7.19. The molecule has 0 radical (unpaired) electrons. The number of hydrogen-bond donors (Lipinski definition) is 1. The molecule has 3 amide bonds. The van der Waals surface area contributed by atoms with Gasteiger partial charge in [-0.2, -0.15) is 0 Å². The van der Waals surface area contributed by atoms with Gasteiger partial charge in [0.2, 0.25) is 5.91 Å². The van der Waals surface area contributed by atoms with Crippen molar-refractivity contribution in [3.05, 3.63) is 29.8 Å². The number of benzene rings is 1. The van der Waals surface area contributed by atoms with Gasteiger partial charge in [0.15, 0.2) is 0 Å². The van der Waals surface area contributed by atoms with Crippen molar-refractivity contribution < 1.29 is 19.1 Å². The normalized spacial score (nSPS) is 17.3. The SMILES string of the molecule is CCOC(=O)N1CCC(NC(=O)c2ccccc2N(C)C(=O)C2CC2)CC1. The van der Waals surface area contributed by atoms with Crippen molar-refractivity contribution in [1.82, 2.24) is 10.2 Å². The number of para-hydroxylation sites is 1. The van der Waals surface area contributed by atoms with Crippen LogP contribution in [-0.4, -0.2) is 55.6 Å². The number of nitrogens with one attached hydrogen (secondary N) is 1. The molecule has 1 aliphatic heterocycles. The van der Waals surface area contributed by atoms with E-state index in [0.29, 0.717) is 43.8 Å². The number of amides is 3. The van der Waals surface area contributed by atoms with Gasteiger partial charge >= 0.3 is 6.09 Å². The van der Waals surface area contributed by atoms with Crippen molar-refractivity contribution >= 4 is 23.6 Å². The largest absolute Gasteiger partial charge is 0.450 e. The van der Waals surface area contributed by atoms with E-state index >= 15 is 0 Å². The molecule has 0 atom stereocenters. The van der Waals surface area contributed by atoms with E-state index in [1.54, 1.807) is 42.0 Å². The summed E-state index contributed by atoms with van der Waals surface area (Å²) in [4.78, 5) is 40.2. The fraction of sp³-hybridized carbons (Fsp3) is 0.550. The molecule has 2 fully saturated rings. The number of nitrogens with zero attached hydrogens (tertiary/aromatic N) is 2. The quantitative estimate of drug-likeness (QED) is 0.860. The zero-order chi connectivity index (χ0) is 19.4. The first-order chi connectivity index (χ1) is 13.0. The van der Waals surface area contributed by atoms with Gasteiger partial charge < -0.3 is 19.9 Å². The lowest BCUT2D eigenvalue weighted by Crippen LogP contribution is -2.47. The van der Waals surface area contributed by atoms with Crippen LogP contribution in [0.5, 0.6) is 0 Å². The Bertz CT molecular complexity index is 709. The Kier molecular flexibility index (Phi) is 5.98. The first-order valence-corrected chi connectivity index (χ1v) is 9.60. The van der Waals surface area contributed by atoms with E-state index in [2.05, 4.69) is 5.32 Å². The van der Waals surface area contributed by atoms with E-state index in [1.807, 2.05) is 6.07 Å². The minimum Gasteiger partial charge on any atom is -0.450 e. The average molecular weight is 373 g/mol. The first kappa shape index (κ1) is 19.2. The Hall–Kier alpha value is -2.57. The number of hydrogen-bond acceptors (Lipinski definition) is 4. The number of ether oxygens (including phenoxy) is 1. The van der Waals surface area contributed by atoms with Crippen LogP contribution in [0.1, 0.15) is 43.0 Å². The van der Waals surface area contributed by atoms with Gasteiger partial charge in [0.05, 0.1) is 17.9 Å². The fourth-order valence-electron chi connectivity index (χ4n) is 3.37. The van der Waals surface area contributed by atoms with Gasteiger partial charge in [-0.25, -0.2) is 4.79 Å². The average Bonchev–Trinajstić information content (AvgIpc) is 3.53. The van der Waals surface area contributed by atoms with Gasteiger partial charge in [-0.15, -0.1) is 0 Å². The highest BCUT2D eigenvalue weighted by molar-refractivity contribution is 6.05. The lowest BCUT2D eigenvalue weighted by Gasteiger charge is -2.32. The van der Waals surface area contributed by atoms with Crippen molar-refractivity contribution in [2.24, 2.45) is 5.92 Å². The third kappa shape index (κ3) is 4.59. The Balaban J connectivity index is 1.60. The zero-order valence-corrected chi connectivity index (χ0v) is 15.9. The number of carbonyl (C=O) groups excluding carboxylic acids is 3. The van der Waals surface area contributed by atoms with Crippen molar-refractivity contribution in [1.29, 1.82) is 0 Å². The molecule has 27 heavy (non-hydrogen) atoms. The summed E-state index contributed by atoms with van der Waals surface area (Å²) in [5, 5.41) is 3.05. The molecule has 0 bridgehead atoms. The molecular weight excluding hydrogens is 346 g/mol. The highest BCUT2D eigenvalue weighted by Crippen LogP contribution is 2.33. The summed E-state index contributed by atoms with van der Waals surface area (Å²) < 4.78 is 5.02.